The normalized spacial score (nSPS) is 16.5. The van der Waals surface area contributed by atoms with Crippen molar-refractivity contribution in [2.75, 3.05) is 20.2 Å². The number of rotatable bonds is 6. The number of sulfonamides is 1. The number of esters is 1. The van der Waals surface area contributed by atoms with Crippen LogP contribution in [0.4, 0.5) is 0 Å². The standard InChI is InChI=1S/C27H29NO7S/c1-33-23-10-9-20(15-25(23)36(31,32)28-11-4-2-3-5-12-28)27(30)34-17-21-16-26(29)35-24-14-19-8-6-7-18(19)13-22(21)24/h9-10,13-16H,2-8,11-12,17H2,1H3. The molecule has 190 valence electrons. The number of benzene rings is 2. The fourth-order valence-corrected chi connectivity index (χ4v) is 6.77. The zero-order valence-electron chi connectivity index (χ0n) is 20.2. The van der Waals surface area contributed by atoms with E-state index in [0.29, 0.717) is 24.2 Å². The maximum atomic E-state index is 13.4. The van der Waals surface area contributed by atoms with Gasteiger partial charge in [-0.25, -0.2) is 18.0 Å². The Hall–Kier alpha value is -3.17. The molecule has 0 N–H and O–H groups in total. The van der Waals surface area contributed by atoms with Crippen LogP contribution in [0.2, 0.25) is 0 Å². The summed E-state index contributed by atoms with van der Waals surface area (Å²) in [5.41, 5.74) is 3.00. The van der Waals surface area contributed by atoms with E-state index in [9.17, 15) is 18.0 Å². The van der Waals surface area contributed by atoms with Crippen LogP contribution in [0.3, 0.4) is 0 Å². The Bertz CT molecular complexity index is 1470. The van der Waals surface area contributed by atoms with Crippen LogP contribution in [-0.4, -0.2) is 38.9 Å². The van der Waals surface area contributed by atoms with E-state index in [1.807, 2.05) is 12.1 Å². The lowest BCUT2D eigenvalue weighted by Crippen LogP contribution is -2.32. The molecular formula is C27H29NO7S. The molecule has 0 saturated carbocycles. The first kappa shape index (κ1) is 24.5. The van der Waals surface area contributed by atoms with Gasteiger partial charge in [-0.15, -0.1) is 0 Å². The van der Waals surface area contributed by atoms with Crippen molar-refractivity contribution in [2.45, 2.75) is 56.4 Å². The van der Waals surface area contributed by atoms with Crippen LogP contribution < -0.4 is 10.4 Å². The predicted octanol–water partition coefficient (Wildman–Crippen LogP) is 4.21. The minimum Gasteiger partial charge on any atom is -0.495 e. The summed E-state index contributed by atoms with van der Waals surface area (Å²) in [6.07, 6.45) is 6.55. The molecule has 5 rings (SSSR count). The maximum Gasteiger partial charge on any atom is 0.338 e. The van der Waals surface area contributed by atoms with Crippen molar-refractivity contribution in [3.8, 4) is 5.75 Å². The molecule has 2 heterocycles. The largest absolute Gasteiger partial charge is 0.495 e. The van der Waals surface area contributed by atoms with Crippen molar-refractivity contribution in [3.05, 3.63) is 69.1 Å². The van der Waals surface area contributed by atoms with Crippen molar-refractivity contribution in [1.29, 1.82) is 0 Å². The van der Waals surface area contributed by atoms with Crippen LogP contribution in [0.15, 0.2) is 50.5 Å². The fourth-order valence-electron chi connectivity index (χ4n) is 5.07. The van der Waals surface area contributed by atoms with Crippen molar-refractivity contribution < 1.29 is 27.1 Å². The van der Waals surface area contributed by atoms with Gasteiger partial charge in [-0.3, -0.25) is 0 Å². The van der Waals surface area contributed by atoms with E-state index in [0.717, 1.165) is 50.3 Å². The molecule has 0 amide bonds. The number of aryl methyl sites for hydroxylation is 2. The number of carbonyl (C=O) groups excluding carboxylic acids is 1. The monoisotopic (exact) mass is 511 g/mol. The smallest absolute Gasteiger partial charge is 0.338 e. The Morgan fingerprint density at radius 3 is 2.42 bits per heavy atom. The van der Waals surface area contributed by atoms with Crippen LogP contribution in [-0.2, 0) is 34.2 Å². The quantitative estimate of drug-likeness (QED) is 0.361. The second kappa shape index (κ2) is 10.1. The second-order valence-corrected chi connectivity index (χ2v) is 11.2. The summed E-state index contributed by atoms with van der Waals surface area (Å²) >= 11 is 0. The summed E-state index contributed by atoms with van der Waals surface area (Å²) in [5.74, 6) is -0.510. The molecule has 0 bridgehead atoms. The minimum atomic E-state index is -3.84. The van der Waals surface area contributed by atoms with Gasteiger partial charge >= 0.3 is 11.6 Å². The van der Waals surface area contributed by atoms with Crippen molar-refractivity contribution >= 4 is 27.0 Å². The molecule has 0 spiro atoms. The molecule has 9 heteroatoms. The van der Waals surface area contributed by atoms with Crippen molar-refractivity contribution in [3.63, 3.8) is 0 Å². The second-order valence-electron chi connectivity index (χ2n) is 9.32. The Labute approximate surface area is 209 Å². The van der Waals surface area contributed by atoms with E-state index in [1.54, 1.807) is 0 Å². The first-order chi connectivity index (χ1) is 17.4. The number of carbonyl (C=O) groups is 1. The van der Waals surface area contributed by atoms with Crippen LogP contribution in [0.1, 0.15) is 59.2 Å². The zero-order chi connectivity index (χ0) is 25.3. The van der Waals surface area contributed by atoms with Crippen LogP contribution in [0.5, 0.6) is 5.75 Å². The van der Waals surface area contributed by atoms with E-state index in [1.165, 1.54) is 46.8 Å². The summed E-state index contributed by atoms with van der Waals surface area (Å²) in [7, 11) is -2.44. The predicted molar refractivity (Wildman–Crippen MR) is 134 cm³/mol. The Morgan fingerprint density at radius 1 is 0.972 bits per heavy atom. The van der Waals surface area contributed by atoms with Gasteiger partial charge in [0, 0.05) is 30.1 Å². The zero-order valence-corrected chi connectivity index (χ0v) is 21.1. The number of hydrogen-bond donors (Lipinski definition) is 0. The lowest BCUT2D eigenvalue weighted by Gasteiger charge is -2.21. The molecule has 0 atom stereocenters. The molecule has 1 aromatic heterocycles. The van der Waals surface area contributed by atoms with Crippen LogP contribution in [0, 0.1) is 0 Å². The number of fused-ring (bicyclic) bond motifs is 2. The SMILES string of the molecule is COc1ccc(C(=O)OCc2cc(=O)oc3cc4c(cc23)CCC4)cc1S(=O)(=O)N1CCCCCC1. The highest BCUT2D eigenvalue weighted by atomic mass is 32.2. The first-order valence-corrected chi connectivity index (χ1v) is 13.7. The summed E-state index contributed by atoms with van der Waals surface area (Å²) in [6, 6.07) is 9.49. The van der Waals surface area contributed by atoms with Gasteiger partial charge in [0.1, 0.15) is 22.8 Å². The first-order valence-electron chi connectivity index (χ1n) is 12.3. The van der Waals surface area contributed by atoms with E-state index >= 15 is 0 Å². The molecule has 3 aromatic rings. The van der Waals surface area contributed by atoms with Gasteiger partial charge in [-0.2, -0.15) is 4.31 Å². The molecule has 1 fully saturated rings. The summed E-state index contributed by atoms with van der Waals surface area (Å²) < 4.78 is 44.5. The molecule has 0 radical (unpaired) electrons. The number of methoxy groups -OCH3 is 1. The molecule has 36 heavy (non-hydrogen) atoms. The summed E-state index contributed by atoms with van der Waals surface area (Å²) in [6.45, 7) is 0.737. The van der Waals surface area contributed by atoms with E-state index < -0.39 is 21.6 Å². The van der Waals surface area contributed by atoms with Gasteiger partial charge in [0.2, 0.25) is 10.0 Å². The third kappa shape index (κ3) is 4.77. The third-order valence-corrected chi connectivity index (χ3v) is 8.90. The molecule has 2 aromatic carbocycles. The Morgan fingerprint density at radius 2 is 1.69 bits per heavy atom. The van der Waals surface area contributed by atoms with Crippen LogP contribution in [0.25, 0.3) is 11.0 Å². The number of nitrogens with zero attached hydrogens (tertiary/aromatic N) is 1. The average Bonchev–Trinajstić information content (AvgIpc) is 3.14. The highest BCUT2D eigenvalue weighted by Crippen LogP contribution is 2.31. The van der Waals surface area contributed by atoms with Gasteiger partial charge in [0.25, 0.3) is 0 Å². The Balaban J connectivity index is 1.41. The van der Waals surface area contributed by atoms with Crippen LogP contribution >= 0.6 is 0 Å². The summed E-state index contributed by atoms with van der Waals surface area (Å²) in [4.78, 5) is 25.0. The van der Waals surface area contributed by atoms with Gasteiger partial charge in [-0.05, 0) is 73.6 Å². The number of ether oxygens (including phenoxy) is 2. The van der Waals surface area contributed by atoms with Gasteiger partial charge in [0.15, 0.2) is 0 Å². The molecule has 1 aliphatic carbocycles. The lowest BCUT2D eigenvalue weighted by atomic mass is 10.0. The fraction of sp³-hybridized carbons (Fsp3) is 0.407. The lowest BCUT2D eigenvalue weighted by molar-refractivity contribution is 0.0473. The molecule has 2 aliphatic rings. The molecule has 8 nitrogen and oxygen atoms in total. The minimum absolute atomic E-state index is 0.0530. The summed E-state index contributed by atoms with van der Waals surface area (Å²) in [5, 5.41) is 0.738. The van der Waals surface area contributed by atoms with Crippen molar-refractivity contribution in [2.24, 2.45) is 0 Å². The average molecular weight is 512 g/mol. The molecular weight excluding hydrogens is 482 g/mol. The molecule has 1 aliphatic heterocycles. The van der Waals surface area contributed by atoms with E-state index in [2.05, 4.69) is 0 Å². The van der Waals surface area contributed by atoms with Gasteiger partial charge < -0.3 is 13.9 Å². The molecule has 1 saturated heterocycles. The third-order valence-electron chi connectivity index (χ3n) is 6.98. The Kier molecular flexibility index (Phi) is 6.85. The molecule has 0 unspecified atom stereocenters. The topological polar surface area (TPSA) is 103 Å². The highest BCUT2D eigenvalue weighted by Gasteiger charge is 2.29. The maximum absolute atomic E-state index is 13.4. The number of hydrogen-bond acceptors (Lipinski definition) is 7. The van der Waals surface area contributed by atoms with Crippen molar-refractivity contribution in [1.82, 2.24) is 4.31 Å². The van der Waals surface area contributed by atoms with Gasteiger partial charge in [0.05, 0.1) is 12.7 Å². The highest BCUT2D eigenvalue weighted by molar-refractivity contribution is 7.89. The van der Waals surface area contributed by atoms with E-state index in [4.69, 9.17) is 13.9 Å². The van der Waals surface area contributed by atoms with Gasteiger partial charge in [-0.1, -0.05) is 12.8 Å². The van der Waals surface area contributed by atoms with E-state index in [-0.39, 0.29) is 22.8 Å².